The van der Waals surface area contributed by atoms with Gasteiger partial charge in [-0.15, -0.1) is 0 Å². The van der Waals surface area contributed by atoms with Crippen molar-refractivity contribution < 1.29 is 29.4 Å². The summed E-state index contributed by atoms with van der Waals surface area (Å²) in [7, 11) is 5.49. The van der Waals surface area contributed by atoms with E-state index in [0.717, 1.165) is 60.3 Å². The molecule has 0 radical (unpaired) electrons. The third-order valence-electron chi connectivity index (χ3n) is 14.2. The maximum absolute atomic E-state index is 14.4. The van der Waals surface area contributed by atoms with E-state index in [1.54, 1.807) is 19.1 Å². The second kappa shape index (κ2) is 17.9. The molecule has 2 amide bonds. The van der Waals surface area contributed by atoms with E-state index in [2.05, 4.69) is 36.3 Å². The number of para-hydroxylation sites is 1. The molecule has 0 aromatic heterocycles. The average Bonchev–Trinajstić information content (AvgIpc) is 3.88. The topological polar surface area (TPSA) is 153 Å². The number of likely N-dealkylation sites (tertiary alicyclic amines) is 1. The largest absolute Gasteiger partial charge is 0.496 e. The molecule has 5 fully saturated rings. The summed E-state index contributed by atoms with van der Waals surface area (Å²) in [5, 5.41) is 30.9. The molecule has 5 aliphatic rings. The third kappa shape index (κ3) is 8.76. The lowest BCUT2D eigenvalue weighted by Crippen LogP contribution is -2.62. The van der Waals surface area contributed by atoms with Crippen LogP contribution in [0.25, 0.3) is 11.1 Å². The normalized spacial score (nSPS) is 28.0. The second-order valence-electron chi connectivity index (χ2n) is 18.4. The number of carbonyl (C=O) groups excluding carboxylic acids is 2. The first-order chi connectivity index (χ1) is 28.2. The van der Waals surface area contributed by atoms with E-state index in [0.29, 0.717) is 35.6 Å². The first-order valence-corrected chi connectivity index (χ1v) is 21.6. The molecular formula is C47H66N6O6. The summed E-state index contributed by atoms with van der Waals surface area (Å²) < 4.78 is 6.15. The van der Waals surface area contributed by atoms with E-state index >= 15 is 0 Å². The zero-order chi connectivity index (χ0) is 42.2. The molecule has 6 N–H and O–H groups in total. The van der Waals surface area contributed by atoms with Gasteiger partial charge in [-0.25, -0.2) is 0 Å². The van der Waals surface area contributed by atoms with Gasteiger partial charge < -0.3 is 41.1 Å². The number of hydrogen-bond donors (Lipinski definition) is 5. The van der Waals surface area contributed by atoms with Crippen molar-refractivity contribution in [2.24, 2.45) is 34.8 Å². The molecule has 59 heavy (non-hydrogen) atoms. The van der Waals surface area contributed by atoms with Crippen LogP contribution in [-0.4, -0.2) is 110 Å². The van der Waals surface area contributed by atoms with Gasteiger partial charge in [0.25, 0.3) is 5.91 Å². The highest BCUT2D eigenvalue weighted by Crippen LogP contribution is 2.61. The molecule has 3 aliphatic carbocycles. The van der Waals surface area contributed by atoms with Crippen LogP contribution < -0.4 is 26.0 Å². The Kier molecular flexibility index (Phi) is 13.1. The third-order valence-corrected chi connectivity index (χ3v) is 14.2. The molecule has 10 atom stereocenters. The summed E-state index contributed by atoms with van der Waals surface area (Å²) >= 11 is 0. The van der Waals surface area contributed by atoms with Crippen molar-refractivity contribution in [1.82, 2.24) is 20.6 Å². The van der Waals surface area contributed by atoms with Crippen LogP contribution in [-0.2, 0) is 16.2 Å². The lowest BCUT2D eigenvalue weighted by molar-refractivity contribution is -0.175. The SMILES string of the molecule is COc1c(CN2O[C@@H](CN)[C@@H]([C@H](C)O)[C@H]2C(=O)N[C@H]2C[C@H]3C[C@@H]([C@@H]2C)C3(C)C)cccc1-c1cc(C(=O)N[C@H](CN2CCCC2)[C@H](O)c2ccccc2)cc(N(C)C)c1. The van der Waals surface area contributed by atoms with Crippen molar-refractivity contribution in [3.8, 4) is 16.9 Å². The Labute approximate surface area is 350 Å². The maximum atomic E-state index is 14.4. The van der Waals surface area contributed by atoms with Gasteiger partial charge in [0.15, 0.2) is 0 Å². The number of nitrogens with zero attached hydrogens (tertiary/aromatic N) is 3. The van der Waals surface area contributed by atoms with Crippen LogP contribution in [0.3, 0.4) is 0 Å². The summed E-state index contributed by atoms with van der Waals surface area (Å²) in [6.07, 6.45) is 2.08. The number of rotatable bonds is 15. The van der Waals surface area contributed by atoms with Crippen molar-refractivity contribution in [3.63, 3.8) is 0 Å². The number of nitrogens with one attached hydrogen (secondary N) is 2. The fraction of sp³-hybridized carbons (Fsp3) is 0.574. The highest BCUT2D eigenvalue weighted by Gasteiger charge is 2.57. The number of amides is 2. The lowest BCUT2D eigenvalue weighted by Gasteiger charge is -2.62. The van der Waals surface area contributed by atoms with E-state index in [-0.39, 0.29) is 36.4 Å². The molecule has 0 spiro atoms. The number of anilines is 1. The minimum Gasteiger partial charge on any atom is -0.496 e. The summed E-state index contributed by atoms with van der Waals surface area (Å²) in [6, 6.07) is 19.8. The van der Waals surface area contributed by atoms with Crippen molar-refractivity contribution >= 4 is 17.5 Å². The van der Waals surface area contributed by atoms with Gasteiger partial charge >= 0.3 is 0 Å². The van der Waals surface area contributed by atoms with Crippen LogP contribution in [0.2, 0.25) is 0 Å². The highest BCUT2D eigenvalue weighted by atomic mass is 16.7. The smallest absolute Gasteiger partial charge is 0.251 e. The standard InChI is InChI=1S/C47H66N6O6/c1-28-37-23-34(47(37,3)4)24-38(28)49-46(57)42-41(29(2)54)40(25-48)59-53(42)26-31-16-13-17-36(44(31)58-7)32-20-33(22-35(21-32)51(5)6)45(56)50-39(27-52-18-11-12-19-52)43(55)30-14-9-8-10-15-30/h8-10,13-17,20-22,28-29,34,37-43,54-55H,11-12,18-19,23-27,48H2,1-7H3,(H,49,57)(H,50,56)/t28-,29-,34+,37-,38-,39+,40-,41+,42-,43+/m0/s1. The fourth-order valence-electron chi connectivity index (χ4n) is 10.6. The Morgan fingerprint density at radius 1 is 1.03 bits per heavy atom. The van der Waals surface area contributed by atoms with Crippen molar-refractivity contribution in [1.29, 1.82) is 0 Å². The van der Waals surface area contributed by atoms with Gasteiger partial charge in [-0.3, -0.25) is 14.4 Å². The van der Waals surface area contributed by atoms with Gasteiger partial charge in [0.05, 0.1) is 31.9 Å². The van der Waals surface area contributed by atoms with Crippen LogP contribution in [0.4, 0.5) is 5.69 Å². The molecule has 2 aliphatic heterocycles. The van der Waals surface area contributed by atoms with E-state index < -0.39 is 36.3 Å². The monoisotopic (exact) mass is 811 g/mol. The molecule has 2 bridgehead atoms. The molecule has 12 nitrogen and oxygen atoms in total. The van der Waals surface area contributed by atoms with Gasteiger partial charge in [-0.1, -0.05) is 69.3 Å². The Morgan fingerprint density at radius 2 is 1.76 bits per heavy atom. The van der Waals surface area contributed by atoms with Crippen LogP contribution in [0.15, 0.2) is 66.7 Å². The maximum Gasteiger partial charge on any atom is 0.251 e. The number of benzene rings is 3. The van der Waals surface area contributed by atoms with E-state index in [1.807, 2.05) is 85.7 Å². The lowest BCUT2D eigenvalue weighted by atomic mass is 9.45. The summed E-state index contributed by atoms with van der Waals surface area (Å²) in [4.78, 5) is 39.3. The molecule has 0 unspecified atom stereocenters. The van der Waals surface area contributed by atoms with Gasteiger partial charge in [0.1, 0.15) is 17.9 Å². The number of hydrogen-bond acceptors (Lipinski definition) is 10. The molecule has 2 heterocycles. The molecular weight excluding hydrogens is 745 g/mol. The first-order valence-electron chi connectivity index (χ1n) is 21.6. The van der Waals surface area contributed by atoms with Crippen LogP contribution >= 0.6 is 0 Å². The van der Waals surface area contributed by atoms with Gasteiger partial charge in [0.2, 0.25) is 5.91 Å². The van der Waals surface area contributed by atoms with Crippen LogP contribution in [0.5, 0.6) is 5.75 Å². The van der Waals surface area contributed by atoms with E-state index in [4.69, 9.17) is 15.3 Å². The minimum absolute atomic E-state index is 0.0537. The molecule has 12 heteroatoms. The number of aliphatic hydroxyl groups excluding tert-OH is 2. The zero-order valence-electron chi connectivity index (χ0n) is 35.9. The molecule has 8 rings (SSSR count). The molecule has 3 aromatic carbocycles. The second-order valence-corrected chi connectivity index (χ2v) is 18.4. The number of carbonyl (C=O) groups is 2. The van der Waals surface area contributed by atoms with Crippen LogP contribution in [0, 0.1) is 29.1 Å². The number of ether oxygens (including phenoxy) is 1. The predicted molar refractivity (Wildman–Crippen MR) is 231 cm³/mol. The van der Waals surface area contributed by atoms with Gasteiger partial charge in [-0.2, -0.15) is 5.06 Å². The molecule has 320 valence electrons. The Morgan fingerprint density at radius 3 is 2.39 bits per heavy atom. The predicted octanol–water partition coefficient (Wildman–Crippen LogP) is 4.98. The summed E-state index contributed by atoms with van der Waals surface area (Å²) in [5.74, 6) is 1.09. The number of fused-ring (bicyclic) bond motifs is 2. The molecule has 3 saturated carbocycles. The number of hydroxylamine groups is 2. The molecule has 2 saturated heterocycles. The zero-order valence-corrected chi connectivity index (χ0v) is 35.9. The van der Waals surface area contributed by atoms with Gasteiger partial charge in [0, 0.05) is 61.5 Å². The number of nitrogens with two attached hydrogens (primary N) is 1. The average molecular weight is 811 g/mol. The van der Waals surface area contributed by atoms with Crippen molar-refractivity contribution in [3.05, 3.63) is 83.4 Å². The first kappa shape index (κ1) is 43.1. The Bertz CT molecular complexity index is 1930. The van der Waals surface area contributed by atoms with E-state index in [1.165, 1.54) is 6.42 Å². The quantitative estimate of drug-likeness (QED) is 0.142. The highest BCUT2D eigenvalue weighted by molar-refractivity contribution is 5.97. The Balaban J connectivity index is 1.17. The van der Waals surface area contributed by atoms with Crippen molar-refractivity contribution in [2.75, 3.05) is 52.3 Å². The fourth-order valence-corrected chi connectivity index (χ4v) is 10.6. The van der Waals surface area contributed by atoms with Gasteiger partial charge in [-0.05, 0) is 98.2 Å². The molecule has 3 aromatic rings. The summed E-state index contributed by atoms with van der Waals surface area (Å²) in [6.45, 7) is 11.4. The number of methoxy groups -OCH3 is 1. The van der Waals surface area contributed by atoms with E-state index in [9.17, 15) is 19.8 Å². The van der Waals surface area contributed by atoms with Crippen LogP contribution in [0.1, 0.15) is 81.0 Å². The Hall–Kier alpha value is -4.04. The summed E-state index contributed by atoms with van der Waals surface area (Å²) in [5.41, 5.74) is 10.8. The van der Waals surface area contributed by atoms with Crippen molar-refractivity contribution in [2.45, 2.75) is 96.4 Å². The number of aliphatic hydroxyl groups is 2. The minimum atomic E-state index is -0.885.